The van der Waals surface area contributed by atoms with E-state index in [1.165, 1.54) is 17.7 Å². The van der Waals surface area contributed by atoms with E-state index in [0.29, 0.717) is 13.1 Å². The van der Waals surface area contributed by atoms with Crippen LogP contribution in [0.15, 0.2) is 0 Å². The van der Waals surface area contributed by atoms with Gasteiger partial charge in [-0.2, -0.15) is 0 Å². The van der Waals surface area contributed by atoms with Crippen molar-refractivity contribution in [3.05, 3.63) is 0 Å². The molecule has 2 aliphatic heterocycles. The van der Waals surface area contributed by atoms with Crippen LogP contribution in [0.4, 0.5) is 0 Å². The summed E-state index contributed by atoms with van der Waals surface area (Å²) in [5.41, 5.74) is 0. The smallest absolute Gasteiger partial charge is 0.308 e. The highest BCUT2D eigenvalue weighted by Crippen LogP contribution is 2.53. The fourth-order valence-electron chi connectivity index (χ4n) is 3.17. The number of aliphatic carboxylic acids is 1. The Balaban J connectivity index is 1.58. The minimum Gasteiger partial charge on any atom is -0.481 e. The molecule has 2 saturated heterocycles. The summed E-state index contributed by atoms with van der Waals surface area (Å²) in [5, 5.41) is 8.85. The van der Waals surface area contributed by atoms with Crippen molar-refractivity contribution in [1.82, 2.24) is 9.80 Å². The van der Waals surface area contributed by atoms with E-state index in [0.717, 1.165) is 13.1 Å². The second-order valence-corrected chi connectivity index (χ2v) is 5.29. The van der Waals surface area contributed by atoms with Crippen molar-refractivity contribution < 1.29 is 19.5 Å². The monoisotopic (exact) mass is 252 g/mol. The summed E-state index contributed by atoms with van der Waals surface area (Å²) >= 11 is 0. The van der Waals surface area contributed by atoms with Crippen molar-refractivity contribution in [3.63, 3.8) is 0 Å². The highest BCUT2D eigenvalue weighted by molar-refractivity contribution is 6.13. The first-order valence-corrected chi connectivity index (χ1v) is 6.41. The van der Waals surface area contributed by atoms with Crippen LogP contribution in [0, 0.1) is 17.8 Å². The van der Waals surface area contributed by atoms with Crippen LogP contribution in [0.3, 0.4) is 0 Å². The molecule has 0 radical (unpaired) electrons. The van der Waals surface area contributed by atoms with Crippen molar-refractivity contribution in [2.75, 3.05) is 26.2 Å². The number of likely N-dealkylation sites (tertiary alicyclic amines) is 2. The van der Waals surface area contributed by atoms with Crippen molar-refractivity contribution in [2.45, 2.75) is 12.8 Å². The molecule has 0 aromatic heterocycles. The van der Waals surface area contributed by atoms with Gasteiger partial charge in [0.05, 0.1) is 17.8 Å². The van der Waals surface area contributed by atoms with E-state index < -0.39 is 23.7 Å². The number of rotatable bonds is 4. The third kappa shape index (κ3) is 1.63. The van der Waals surface area contributed by atoms with Crippen LogP contribution in [0.2, 0.25) is 0 Å². The SMILES string of the molecule is O=C(O)C1C2C(=O)N(CCN3CCCC3)C(=O)C12. The van der Waals surface area contributed by atoms with Crippen molar-refractivity contribution in [1.29, 1.82) is 0 Å². The van der Waals surface area contributed by atoms with E-state index in [2.05, 4.69) is 4.90 Å². The summed E-state index contributed by atoms with van der Waals surface area (Å²) in [6, 6.07) is 0. The Morgan fingerprint density at radius 2 is 1.67 bits per heavy atom. The van der Waals surface area contributed by atoms with Gasteiger partial charge in [0.2, 0.25) is 11.8 Å². The molecule has 6 heteroatoms. The van der Waals surface area contributed by atoms with Crippen LogP contribution in [0.25, 0.3) is 0 Å². The number of piperidine rings is 1. The lowest BCUT2D eigenvalue weighted by molar-refractivity contribution is -0.148. The molecule has 2 atom stereocenters. The van der Waals surface area contributed by atoms with Gasteiger partial charge in [0.25, 0.3) is 0 Å². The van der Waals surface area contributed by atoms with Crippen molar-refractivity contribution >= 4 is 17.8 Å². The zero-order valence-corrected chi connectivity index (χ0v) is 10.0. The number of fused-ring (bicyclic) bond motifs is 1. The Kier molecular flexibility index (Phi) is 2.62. The largest absolute Gasteiger partial charge is 0.481 e. The molecule has 1 saturated carbocycles. The number of carboxylic acids is 1. The van der Waals surface area contributed by atoms with Crippen LogP contribution < -0.4 is 0 Å². The van der Waals surface area contributed by atoms with Gasteiger partial charge in [-0.3, -0.25) is 19.3 Å². The van der Waals surface area contributed by atoms with Gasteiger partial charge in [0.15, 0.2) is 0 Å². The van der Waals surface area contributed by atoms with Crippen molar-refractivity contribution in [2.24, 2.45) is 17.8 Å². The molecule has 6 nitrogen and oxygen atoms in total. The number of hydrogen-bond donors (Lipinski definition) is 1. The van der Waals surface area contributed by atoms with Gasteiger partial charge in [-0.25, -0.2) is 0 Å². The molecule has 3 fully saturated rings. The molecule has 1 N–H and O–H groups in total. The van der Waals surface area contributed by atoms with Gasteiger partial charge >= 0.3 is 5.97 Å². The maximum absolute atomic E-state index is 11.9. The number of carbonyl (C=O) groups excluding carboxylic acids is 2. The first kappa shape index (κ1) is 11.6. The minimum absolute atomic E-state index is 0.281. The average molecular weight is 252 g/mol. The lowest BCUT2D eigenvalue weighted by Crippen LogP contribution is -2.40. The molecular formula is C12H16N2O4. The third-order valence-electron chi connectivity index (χ3n) is 4.25. The van der Waals surface area contributed by atoms with Crippen molar-refractivity contribution in [3.8, 4) is 0 Å². The lowest BCUT2D eigenvalue weighted by Gasteiger charge is -2.21. The Morgan fingerprint density at radius 3 is 2.17 bits per heavy atom. The number of hydrogen-bond acceptors (Lipinski definition) is 4. The van der Waals surface area contributed by atoms with E-state index in [1.807, 2.05) is 0 Å². The summed E-state index contributed by atoms with van der Waals surface area (Å²) in [4.78, 5) is 38.1. The third-order valence-corrected chi connectivity index (χ3v) is 4.25. The molecule has 18 heavy (non-hydrogen) atoms. The zero-order valence-electron chi connectivity index (χ0n) is 10.0. The van der Waals surface area contributed by atoms with E-state index in [1.54, 1.807) is 0 Å². The van der Waals surface area contributed by atoms with Gasteiger partial charge in [-0.1, -0.05) is 0 Å². The summed E-state index contributed by atoms with van der Waals surface area (Å²) in [6.45, 7) is 3.19. The Hall–Kier alpha value is -1.43. The van der Waals surface area contributed by atoms with Gasteiger partial charge in [-0.15, -0.1) is 0 Å². The molecule has 0 aromatic carbocycles. The maximum atomic E-state index is 11.9. The van der Waals surface area contributed by atoms with E-state index >= 15 is 0 Å². The topological polar surface area (TPSA) is 77.9 Å². The van der Waals surface area contributed by atoms with E-state index in [-0.39, 0.29) is 11.8 Å². The van der Waals surface area contributed by atoms with Gasteiger partial charge < -0.3 is 10.0 Å². The fraction of sp³-hybridized carbons (Fsp3) is 0.750. The number of amides is 2. The Labute approximate surface area is 105 Å². The molecule has 3 aliphatic rings. The summed E-state index contributed by atoms with van der Waals surface area (Å²) < 4.78 is 0. The molecule has 0 bridgehead atoms. The number of nitrogens with zero attached hydrogens (tertiary/aromatic N) is 2. The molecular weight excluding hydrogens is 236 g/mol. The predicted octanol–water partition coefficient (Wildman–Crippen LogP) is -0.602. The molecule has 2 amide bonds. The highest BCUT2D eigenvalue weighted by atomic mass is 16.4. The van der Waals surface area contributed by atoms with E-state index in [4.69, 9.17) is 5.11 Å². The lowest BCUT2D eigenvalue weighted by atomic mass is 10.2. The van der Waals surface area contributed by atoms with Gasteiger partial charge in [0, 0.05) is 13.1 Å². The number of imide groups is 1. The highest BCUT2D eigenvalue weighted by Gasteiger charge is 2.70. The van der Waals surface area contributed by atoms with E-state index in [9.17, 15) is 14.4 Å². The molecule has 2 heterocycles. The molecule has 1 aliphatic carbocycles. The Bertz CT molecular complexity index is 394. The maximum Gasteiger partial charge on any atom is 0.308 e. The second-order valence-electron chi connectivity index (χ2n) is 5.29. The first-order valence-electron chi connectivity index (χ1n) is 6.41. The standard InChI is InChI=1S/C12H16N2O4/c15-10-7-8(9(7)12(17)18)11(16)14(10)6-5-13-3-1-2-4-13/h7-9H,1-6H2,(H,17,18). The molecule has 0 aromatic rings. The van der Waals surface area contributed by atoms with Crippen LogP contribution in [0.5, 0.6) is 0 Å². The summed E-state index contributed by atoms with van der Waals surface area (Å²) in [7, 11) is 0. The number of carbonyl (C=O) groups is 3. The van der Waals surface area contributed by atoms with Crippen LogP contribution in [0.1, 0.15) is 12.8 Å². The molecule has 98 valence electrons. The molecule has 0 spiro atoms. The van der Waals surface area contributed by atoms with Gasteiger partial charge in [0.1, 0.15) is 0 Å². The van der Waals surface area contributed by atoms with Crippen LogP contribution >= 0.6 is 0 Å². The fourth-order valence-corrected chi connectivity index (χ4v) is 3.17. The second kappa shape index (κ2) is 4.05. The summed E-state index contributed by atoms with van der Waals surface area (Å²) in [6.07, 6.45) is 2.35. The minimum atomic E-state index is -1.02. The van der Waals surface area contributed by atoms with Gasteiger partial charge in [-0.05, 0) is 25.9 Å². The quantitative estimate of drug-likeness (QED) is 0.676. The van der Waals surface area contributed by atoms with Crippen LogP contribution in [-0.2, 0) is 14.4 Å². The molecule has 2 unspecified atom stereocenters. The zero-order chi connectivity index (χ0) is 12.9. The summed E-state index contributed by atoms with van der Waals surface area (Å²) in [5.74, 6) is -3.49. The average Bonchev–Trinajstić information content (AvgIpc) is 2.78. The first-order chi connectivity index (χ1) is 8.61. The van der Waals surface area contributed by atoms with Crippen LogP contribution in [-0.4, -0.2) is 58.9 Å². The normalized spacial score (nSPS) is 35.1. The Morgan fingerprint density at radius 1 is 1.11 bits per heavy atom. The molecule has 3 rings (SSSR count). The number of carboxylic acid groups (broad SMARTS) is 1. The predicted molar refractivity (Wildman–Crippen MR) is 60.5 cm³/mol.